The lowest BCUT2D eigenvalue weighted by atomic mass is 10.2. The highest BCUT2D eigenvalue weighted by Crippen LogP contribution is 2.32. The van der Waals surface area contributed by atoms with Crippen molar-refractivity contribution < 1.29 is 14.3 Å². The molecule has 2 aliphatic heterocycles. The zero-order valence-corrected chi connectivity index (χ0v) is 12.1. The van der Waals surface area contributed by atoms with Gasteiger partial charge in [0.1, 0.15) is 0 Å². The molecule has 2 aliphatic rings. The molecule has 3 rings (SSSR count). The number of hydrogen-bond acceptors (Lipinski definition) is 4. The summed E-state index contributed by atoms with van der Waals surface area (Å²) in [5.41, 5.74) is 0.994. The van der Waals surface area contributed by atoms with Crippen molar-refractivity contribution in [1.82, 2.24) is 15.5 Å². The van der Waals surface area contributed by atoms with E-state index in [1.54, 1.807) is 0 Å². The van der Waals surface area contributed by atoms with Gasteiger partial charge >= 0.3 is 6.03 Å². The van der Waals surface area contributed by atoms with Crippen molar-refractivity contribution in [2.45, 2.75) is 19.4 Å². The molecule has 2 N–H and O–H groups in total. The summed E-state index contributed by atoms with van der Waals surface area (Å²) in [6, 6.07) is 5.56. The summed E-state index contributed by atoms with van der Waals surface area (Å²) >= 11 is 0. The number of benzene rings is 1. The molecule has 0 aromatic heterocycles. The van der Waals surface area contributed by atoms with Crippen molar-refractivity contribution in [2.24, 2.45) is 0 Å². The molecule has 1 fully saturated rings. The van der Waals surface area contributed by atoms with E-state index < -0.39 is 0 Å². The highest BCUT2D eigenvalue weighted by atomic mass is 16.7. The predicted molar refractivity (Wildman–Crippen MR) is 78.5 cm³/mol. The van der Waals surface area contributed by atoms with Gasteiger partial charge in [-0.2, -0.15) is 0 Å². The second-order valence-corrected chi connectivity index (χ2v) is 5.35. The van der Waals surface area contributed by atoms with Crippen LogP contribution in [0.25, 0.3) is 0 Å². The van der Waals surface area contributed by atoms with Crippen LogP contribution in [-0.2, 0) is 6.54 Å². The maximum Gasteiger partial charge on any atom is 0.315 e. The van der Waals surface area contributed by atoms with Crippen LogP contribution < -0.4 is 20.1 Å². The largest absolute Gasteiger partial charge is 0.454 e. The maximum atomic E-state index is 11.7. The van der Waals surface area contributed by atoms with Gasteiger partial charge in [-0.05, 0) is 43.6 Å². The third-order valence-electron chi connectivity index (χ3n) is 3.80. The first kappa shape index (κ1) is 14.0. The molecule has 0 spiro atoms. The topological polar surface area (TPSA) is 62.8 Å². The Hall–Kier alpha value is -1.95. The van der Waals surface area contributed by atoms with Crippen LogP contribution in [0.5, 0.6) is 11.5 Å². The van der Waals surface area contributed by atoms with E-state index in [1.165, 1.54) is 12.8 Å². The zero-order chi connectivity index (χ0) is 14.5. The van der Waals surface area contributed by atoms with E-state index in [9.17, 15) is 4.79 Å². The zero-order valence-electron chi connectivity index (χ0n) is 12.1. The predicted octanol–water partition coefficient (Wildman–Crippen LogP) is 1.31. The molecule has 0 bridgehead atoms. The van der Waals surface area contributed by atoms with Gasteiger partial charge in [-0.25, -0.2) is 4.79 Å². The molecule has 6 heteroatoms. The Labute approximate surface area is 124 Å². The lowest BCUT2D eigenvalue weighted by molar-refractivity contribution is 0.174. The molecule has 1 aromatic rings. The van der Waals surface area contributed by atoms with Gasteiger partial charge in [0.2, 0.25) is 6.79 Å². The van der Waals surface area contributed by atoms with E-state index in [-0.39, 0.29) is 12.8 Å². The number of fused-ring (bicyclic) bond motifs is 1. The van der Waals surface area contributed by atoms with Gasteiger partial charge in [0.15, 0.2) is 11.5 Å². The Balaban J connectivity index is 1.37. The molecule has 6 nitrogen and oxygen atoms in total. The average molecular weight is 291 g/mol. The number of rotatable bonds is 5. The monoisotopic (exact) mass is 291 g/mol. The van der Waals surface area contributed by atoms with Crippen LogP contribution >= 0.6 is 0 Å². The van der Waals surface area contributed by atoms with Crippen LogP contribution in [0.4, 0.5) is 4.79 Å². The summed E-state index contributed by atoms with van der Waals surface area (Å²) in [6.07, 6.45) is 2.55. The first-order chi connectivity index (χ1) is 10.3. The number of ether oxygens (including phenoxy) is 2. The average Bonchev–Trinajstić information content (AvgIpc) is 3.15. The summed E-state index contributed by atoms with van der Waals surface area (Å²) < 4.78 is 10.6. The Morgan fingerprint density at radius 1 is 1.14 bits per heavy atom. The molecule has 0 saturated carbocycles. The van der Waals surface area contributed by atoms with Crippen LogP contribution in [0.3, 0.4) is 0 Å². The van der Waals surface area contributed by atoms with Crippen molar-refractivity contribution in [1.29, 1.82) is 0 Å². The third kappa shape index (κ3) is 3.78. The van der Waals surface area contributed by atoms with Crippen LogP contribution in [0, 0.1) is 0 Å². The van der Waals surface area contributed by atoms with Gasteiger partial charge in [-0.15, -0.1) is 0 Å². The number of likely N-dealkylation sites (tertiary alicyclic amines) is 1. The van der Waals surface area contributed by atoms with Crippen molar-refractivity contribution in [3.8, 4) is 11.5 Å². The number of nitrogens with zero attached hydrogens (tertiary/aromatic N) is 1. The van der Waals surface area contributed by atoms with Crippen LogP contribution in [-0.4, -0.2) is 43.9 Å². The molecule has 0 unspecified atom stereocenters. The fourth-order valence-electron chi connectivity index (χ4n) is 2.63. The number of urea groups is 1. The fraction of sp³-hybridized carbons (Fsp3) is 0.533. The number of carbonyl (C=O) groups excluding carboxylic acids is 1. The summed E-state index contributed by atoms with van der Waals surface area (Å²) in [4.78, 5) is 14.1. The van der Waals surface area contributed by atoms with Gasteiger partial charge < -0.3 is 25.0 Å². The number of nitrogens with one attached hydrogen (secondary N) is 2. The van der Waals surface area contributed by atoms with Gasteiger partial charge in [0, 0.05) is 19.6 Å². The first-order valence-corrected chi connectivity index (χ1v) is 7.44. The van der Waals surface area contributed by atoms with Gasteiger partial charge in [0.25, 0.3) is 0 Å². The molecule has 21 heavy (non-hydrogen) atoms. The van der Waals surface area contributed by atoms with Crippen molar-refractivity contribution in [3.63, 3.8) is 0 Å². The van der Waals surface area contributed by atoms with Crippen LogP contribution in [0.15, 0.2) is 18.2 Å². The Kier molecular flexibility index (Phi) is 4.45. The minimum Gasteiger partial charge on any atom is -0.454 e. The summed E-state index contributed by atoms with van der Waals surface area (Å²) in [5.74, 6) is 1.50. The third-order valence-corrected chi connectivity index (χ3v) is 3.80. The van der Waals surface area contributed by atoms with E-state index in [2.05, 4.69) is 15.5 Å². The molecule has 0 atom stereocenters. The molecule has 1 aromatic carbocycles. The van der Waals surface area contributed by atoms with Crippen LogP contribution in [0.2, 0.25) is 0 Å². The van der Waals surface area contributed by atoms with Crippen LogP contribution in [0.1, 0.15) is 18.4 Å². The quantitative estimate of drug-likeness (QED) is 0.858. The number of hydrogen-bond donors (Lipinski definition) is 2. The van der Waals surface area contributed by atoms with Gasteiger partial charge in [-0.1, -0.05) is 6.07 Å². The Morgan fingerprint density at radius 2 is 1.95 bits per heavy atom. The van der Waals surface area contributed by atoms with Gasteiger partial charge in [-0.3, -0.25) is 0 Å². The smallest absolute Gasteiger partial charge is 0.315 e. The Morgan fingerprint density at radius 3 is 2.81 bits per heavy atom. The van der Waals surface area contributed by atoms with E-state index in [1.807, 2.05) is 18.2 Å². The van der Waals surface area contributed by atoms with E-state index in [0.29, 0.717) is 13.1 Å². The molecular weight excluding hydrogens is 270 g/mol. The maximum absolute atomic E-state index is 11.7. The van der Waals surface area contributed by atoms with Crippen molar-refractivity contribution in [3.05, 3.63) is 23.8 Å². The number of carbonyl (C=O) groups is 1. The fourth-order valence-corrected chi connectivity index (χ4v) is 2.63. The molecule has 0 radical (unpaired) electrons. The number of amides is 2. The van der Waals surface area contributed by atoms with Crippen molar-refractivity contribution in [2.75, 3.05) is 33.0 Å². The lowest BCUT2D eigenvalue weighted by Crippen LogP contribution is -2.39. The summed E-state index contributed by atoms with van der Waals surface area (Å²) in [5, 5.41) is 5.74. The summed E-state index contributed by atoms with van der Waals surface area (Å²) in [7, 11) is 0. The van der Waals surface area contributed by atoms with Crippen molar-refractivity contribution >= 4 is 6.03 Å². The second kappa shape index (κ2) is 6.67. The lowest BCUT2D eigenvalue weighted by Gasteiger charge is -2.15. The molecular formula is C15H21N3O3. The molecule has 0 aliphatic carbocycles. The minimum absolute atomic E-state index is 0.133. The summed E-state index contributed by atoms with van der Waals surface area (Å²) in [6.45, 7) is 4.67. The standard InChI is InChI=1S/C15H21N3O3/c19-15(16-5-8-18-6-1-2-7-18)17-10-12-3-4-13-14(9-12)21-11-20-13/h3-4,9H,1-2,5-8,10-11H2,(H2,16,17,19). The van der Waals surface area contributed by atoms with E-state index in [4.69, 9.17) is 9.47 Å². The highest BCUT2D eigenvalue weighted by molar-refractivity contribution is 5.73. The molecule has 2 amide bonds. The molecule has 2 heterocycles. The molecule has 114 valence electrons. The second-order valence-electron chi connectivity index (χ2n) is 5.35. The van der Waals surface area contributed by atoms with E-state index >= 15 is 0 Å². The Bertz CT molecular complexity index is 501. The van der Waals surface area contributed by atoms with Gasteiger partial charge in [0.05, 0.1) is 0 Å². The SMILES string of the molecule is O=C(NCCN1CCCC1)NCc1ccc2c(c1)OCO2. The van der Waals surface area contributed by atoms with E-state index in [0.717, 1.165) is 36.7 Å². The minimum atomic E-state index is -0.133. The normalized spacial score (nSPS) is 17.0. The highest BCUT2D eigenvalue weighted by Gasteiger charge is 2.13. The molecule has 1 saturated heterocycles. The first-order valence-electron chi connectivity index (χ1n) is 7.44.